The molecule has 25 heavy (non-hydrogen) atoms. The van der Waals surface area contributed by atoms with Gasteiger partial charge in [0.15, 0.2) is 5.96 Å². The molecule has 0 atom stereocenters. The predicted molar refractivity (Wildman–Crippen MR) is 100.0 cm³/mol. The molecule has 1 aliphatic heterocycles. The first-order valence-electron chi connectivity index (χ1n) is 9.32. The number of piperazine rings is 1. The third-order valence-corrected chi connectivity index (χ3v) is 5.19. The molecule has 0 bridgehead atoms. The van der Waals surface area contributed by atoms with E-state index in [0.29, 0.717) is 5.41 Å². The van der Waals surface area contributed by atoms with Crippen LogP contribution in [0, 0.1) is 5.41 Å². The fourth-order valence-electron chi connectivity index (χ4n) is 3.30. The lowest BCUT2D eigenvalue weighted by Gasteiger charge is -2.36. The molecule has 2 fully saturated rings. The molecule has 7 nitrogen and oxygen atoms in total. The highest BCUT2D eigenvalue weighted by Crippen LogP contribution is 2.48. The highest BCUT2D eigenvalue weighted by Gasteiger charge is 2.42. The number of aromatic nitrogens is 2. The van der Waals surface area contributed by atoms with Gasteiger partial charge in [-0.2, -0.15) is 0 Å². The summed E-state index contributed by atoms with van der Waals surface area (Å²) in [6, 6.07) is 1.85. The molecule has 0 spiro atoms. The number of guanidine groups is 1. The van der Waals surface area contributed by atoms with E-state index in [1.807, 2.05) is 13.1 Å². The van der Waals surface area contributed by atoms with Gasteiger partial charge in [0.2, 0.25) is 5.95 Å². The minimum atomic E-state index is 0.421. The Hall–Kier alpha value is -1.89. The van der Waals surface area contributed by atoms with Gasteiger partial charge in [-0.15, -0.1) is 0 Å². The molecule has 138 valence electrons. The summed E-state index contributed by atoms with van der Waals surface area (Å²) in [4.78, 5) is 17.7. The molecule has 2 heterocycles. The van der Waals surface area contributed by atoms with Crippen LogP contribution in [0.3, 0.4) is 0 Å². The standard InChI is InChI=1S/C18H30N6O/c1-3-25-14-7-18(5-6-18)15-22-16(19-2)23-10-12-24(13-11-23)17-20-8-4-9-21-17/h4,8-9H,3,5-7,10-15H2,1-2H3,(H,19,22). The van der Waals surface area contributed by atoms with Crippen LogP contribution in [-0.4, -0.2) is 73.8 Å². The molecule has 1 N–H and O–H groups in total. The van der Waals surface area contributed by atoms with Crippen LogP contribution in [0.4, 0.5) is 5.95 Å². The van der Waals surface area contributed by atoms with Crippen LogP contribution >= 0.6 is 0 Å². The molecule has 3 rings (SSSR count). The zero-order valence-corrected chi connectivity index (χ0v) is 15.4. The van der Waals surface area contributed by atoms with Gasteiger partial charge in [-0.05, 0) is 37.7 Å². The van der Waals surface area contributed by atoms with E-state index in [1.54, 1.807) is 12.4 Å². The van der Waals surface area contributed by atoms with E-state index in [0.717, 1.165) is 64.3 Å². The van der Waals surface area contributed by atoms with E-state index in [2.05, 4.69) is 37.0 Å². The predicted octanol–water partition coefficient (Wildman–Crippen LogP) is 1.38. The lowest BCUT2D eigenvalue weighted by Crippen LogP contribution is -2.53. The molecule has 1 aromatic heterocycles. The smallest absolute Gasteiger partial charge is 0.225 e. The van der Waals surface area contributed by atoms with Crippen LogP contribution in [0.5, 0.6) is 0 Å². The summed E-state index contributed by atoms with van der Waals surface area (Å²) < 4.78 is 5.53. The topological polar surface area (TPSA) is 65.9 Å². The lowest BCUT2D eigenvalue weighted by atomic mass is 10.0. The molecule has 0 aromatic carbocycles. The van der Waals surface area contributed by atoms with Gasteiger partial charge < -0.3 is 19.9 Å². The minimum absolute atomic E-state index is 0.421. The average Bonchev–Trinajstić information content (AvgIpc) is 3.44. The zero-order valence-electron chi connectivity index (χ0n) is 15.4. The van der Waals surface area contributed by atoms with Crippen molar-refractivity contribution in [3.8, 4) is 0 Å². The molecule has 0 unspecified atom stereocenters. The van der Waals surface area contributed by atoms with Gasteiger partial charge in [0.25, 0.3) is 0 Å². The van der Waals surface area contributed by atoms with Crippen molar-refractivity contribution in [3.05, 3.63) is 18.5 Å². The maximum absolute atomic E-state index is 5.53. The van der Waals surface area contributed by atoms with Gasteiger partial charge in [-0.3, -0.25) is 4.99 Å². The van der Waals surface area contributed by atoms with E-state index in [-0.39, 0.29) is 0 Å². The normalized spacial score (nSPS) is 19.8. The summed E-state index contributed by atoms with van der Waals surface area (Å²) in [6.45, 7) is 8.43. The molecule has 0 radical (unpaired) electrons. The first-order chi connectivity index (χ1) is 12.3. The van der Waals surface area contributed by atoms with E-state index < -0.39 is 0 Å². The fourth-order valence-corrected chi connectivity index (χ4v) is 3.30. The van der Waals surface area contributed by atoms with Crippen molar-refractivity contribution in [1.82, 2.24) is 20.2 Å². The Morgan fingerprint density at radius 2 is 1.96 bits per heavy atom. The molecule has 1 aromatic rings. The van der Waals surface area contributed by atoms with Crippen LogP contribution in [-0.2, 0) is 4.74 Å². The molecule has 7 heteroatoms. The van der Waals surface area contributed by atoms with Crippen LogP contribution in [0.15, 0.2) is 23.5 Å². The molecule has 2 aliphatic rings. The number of ether oxygens (including phenoxy) is 1. The number of nitrogens with one attached hydrogen (secondary N) is 1. The van der Waals surface area contributed by atoms with Crippen molar-refractivity contribution in [2.45, 2.75) is 26.2 Å². The van der Waals surface area contributed by atoms with E-state index >= 15 is 0 Å². The monoisotopic (exact) mass is 346 g/mol. The van der Waals surface area contributed by atoms with Gasteiger partial charge >= 0.3 is 0 Å². The van der Waals surface area contributed by atoms with Crippen LogP contribution in [0.2, 0.25) is 0 Å². The van der Waals surface area contributed by atoms with Gasteiger partial charge in [-0.25, -0.2) is 9.97 Å². The quantitative estimate of drug-likeness (QED) is 0.457. The number of rotatable bonds is 7. The van der Waals surface area contributed by atoms with Crippen molar-refractivity contribution in [2.24, 2.45) is 10.4 Å². The van der Waals surface area contributed by atoms with Gasteiger partial charge in [0.1, 0.15) is 0 Å². The Balaban J connectivity index is 1.45. The first kappa shape index (κ1) is 17.9. The number of aliphatic imine (C=N–C) groups is 1. The van der Waals surface area contributed by atoms with Crippen molar-refractivity contribution in [2.75, 3.05) is 57.9 Å². The molecule has 1 saturated heterocycles. The van der Waals surface area contributed by atoms with Crippen molar-refractivity contribution in [1.29, 1.82) is 0 Å². The van der Waals surface area contributed by atoms with Crippen molar-refractivity contribution >= 4 is 11.9 Å². The Morgan fingerprint density at radius 1 is 1.24 bits per heavy atom. The summed E-state index contributed by atoms with van der Waals surface area (Å²) in [7, 11) is 1.87. The molecule has 0 amide bonds. The van der Waals surface area contributed by atoms with Crippen molar-refractivity contribution in [3.63, 3.8) is 0 Å². The second kappa shape index (κ2) is 8.47. The highest BCUT2D eigenvalue weighted by molar-refractivity contribution is 5.80. The molecular formula is C18H30N6O. The minimum Gasteiger partial charge on any atom is -0.382 e. The molecule has 1 aliphatic carbocycles. The Kier molecular flexibility index (Phi) is 6.07. The Morgan fingerprint density at radius 3 is 2.56 bits per heavy atom. The number of nitrogens with zero attached hydrogens (tertiary/aromatic N) is 5. The maximum Gasteiger partial charge on any atom is 0.225 e. The number of hydrogen-bond acceptors (Lipinski definition) is 5. The Labute approximate surface area is 150 Å². The van der Waals surface area contributed by atoms with E-state index in [1.165, 1.54) is 12.8 Å². The summed E-state index contributed by atoms with van der Waals surface area (Å²) >= 11 is 0. The lowest BCUT2D eigenvalue weighted by molar-refractivity contribution is 0.128. The van der Waals surface area contributed by atoms with Crippen LogP contribution in [0.25, 0.3) is 0 Å². The number of anilines is 1. The molecule has 1 saturated carbocycles. The summed E-state index contributed by atoms with van der Waals surface area (Å²) in [6.07, 6.45) is 7.33. The van der Waals surface area contributed by atoms with E-state index in [9.17, 15) is 0 Å². The molecular weight excluding hydrogens is 316 g/mol. The number of hydrogen-bond donors (Lipinski definition) is 1. The van der Waals surface area contributed by atoms with Crippen LogP contribution in [0.1, 0.15) is 26.2 Å². The fraction of sp³-hybridized carbons (Fsp3) is 0.722. The summed E-state index contributed by atoms with van der Waals surface area (Å²) in [5, 5.41) is 3.59. The van der Waals surface area contributed by atoms with Crippen molar-refractivity contribution < 1.29 is 4.74 Å². The Bertz CT molecular complexity index is 552. The highest BCUT2D eigenvalue weighted by atomic mass is 16.5. The SMILES string of the molecule is CCOCCC1(CNC(=NC)N2CCN(c3ncccn3)CC2)CC1. The summed E-state index contributed by atoms with van der Waals surface area (Å²) in [5.74, 6) is 1.83. The largest absolute Gasteiger partial charge is 0.382 e. The maximum atomic E-state index is 5.53. The zero-order chi connectivity index (χ0) is 17.5. The second-order valence-corrected chi connectivity index (χ2v) is 6.87. The van der Waals surface area contributed by atoms with Gasteiger partial charge in [0, 0.05) is 65.4 Å². The summed E-state index contributed by atoms with van der Waals surface area (Å²) in [5.41, 5.74) is 0.421. The van der Waals surface area contributed by atoms with Crippen LogP contribution < -0.4 is 10.2 Å². The third-order valence-electron chi connectivity index (χ3n) is 5.19. The average molecular weight is 346 g/mol. The van der Waals surface area contributed by atoms with E-state index in [4.69, 9.17) is 4.74 Å². The third kappa shape index (κ3) is 4.81. The second-order valence-electron chi connectivity index (χ2n) is 6.87. The van der Waals surface area contributed by atoms with Gasteiger partial charge in [-0.1, -0.05) is 0 Å². The van der Waals surface area contributed by atoms with Gasteiger partial charge in [0.05, 0.1) is 0 Å². The first-order valence-corrected chi connectivity index (χ1v) is 9.32.